The Morgan fingerprint density at radius 3 is 2.16 bits per heavy atom. The molecule has 0 aromatic heterocycles. The highest BCUT2D eigenvalue weighted by Crippen LogP contribution is 2.23. The smallest absolute Gasteiger partial charge is 0.308 e. The Kier molecular flexibility index (Phi) is 7.01. The van der Waals surface area contributed by atoms with Crippen molar-refractivity contribution in [1.82, 2.24) is 0 Å². The zero-order chi connectivity index (χ0) is 22.2. The molecule has 0 bridgehead atoms. The van der Waals surface area contributed by atoms with Gasteiger partial charge in [-0.3, -0.25) is 14.4 Å². The second-order valence-corrected chi connectivity index (χ2v) is 6.77. The summed E-state index contributed by atoms with van der Waals surface area (Å²) in [4.78, 5) is 36.1. The van der Waals surface area contributed by atoms with Crippen LogP contribution < -0.4 is 20.1 Å². The zero-order valence-electron chi connectivity index (χ0n) is 17.2. The van der Waals surface area contributed by atoms with Crippen molar-refractivity contribution in [3.8, 4) is 11.5 Å². The second kappa shape index (κ2) is 10.1. The summed E-state index contributed by atoms with van der Waals surface area (Å²) in [5.74, 6) is -0.380. The lowest BCUT2D eigenvalue weighted by molar-refractivity contribution is -0.131. The fraction of sp³-hybridized carbons (Fsp3) is 0.125. The van der Waals surface area contributed by atoms with Crippen LogP contribution in [0.25, 0.3) is 0 Å². The zero-order valence-corrected chi connectivity index (χ0v) is 17.2. The van der Waals surface area contributed by atoms with E-state index in [1.807, 2.05) is 19.1 Å². The molecular formula is C24H22N2O5. The summed E-state index contributed by atoms with van der Waals surface area (Å²) in [6.07, 6.45) is 0. The van der Waals surface area contributed by atoms with Crippen molar-refractivity contribution < 1.29 is 23.9 Å². The molecule has 3 rings (SSSR count). The van der Waals surface area contributed by atoms with Crippen LogP contribution in [0.4, 0.5) is 11.4 Å². The molecule has 31 heavy (non-hydrogen) atoms. The summed E-state index contributed by atoms with van der Waals surface area (Å²) in [5.41, 5.74) is 2.26. The van der Waals surface area contributed by atoms with Crippen LogP contribution in [0.2, 0.25) is 0 Å². The van der Waals surface area contributed by atoms with Gasteiger partial charge in [-0.15, -0.1) is 0 Å². The van der Waals surface area contributed by atoms with Crippen LogP contribution >= 0.6 is 0 Å². The molecule has 0 radical (unpaired) electrons. The number of rotatable bonds is 7. The normalized spacial score (nSPS) is 10.1. The van der Waals surface area contributed by atoms with E-state index in [1.165, 1.54) is 13.0 Å². The highest BCUT2D eigenvalue weighted by Gasteiger charge is 2.12. The van der Waals surface area contributed by atoms with Gasteiger partial charge in [-0.1, -0.05) is 35.9 Å². The van der Waals surface area contributed by atoms with Crippen molar-refractivity contribution in [2.24, 2.45) is 0 Å². The van der Waals surface area contributed by atoms with Gasteiger partial charge in [-0.05, 0) is 49.4 Å². The van der Waals surface area contributed by atoms with E-state index in [0.717, 1.165) is 5.56 Å². The van der Waals surface area contributed by atoms with E-state index in [4.69, 9.17) is 9.47 Å². The van der Waals surface area contributed by atoms with Crippen LogP contribution in [-0.2, 0) is 9.59 Å². The number of esters is 1. The van der Waals surface area contributed by atoms with Crippen molar-refractivity contribution in [3.63, 3.8) is 0 Å². The first-order valence-corrected chi connectivity index (χ1v) is 9.59. The van der Waals surface area contributed by atoms with Crippen molar-refractivity contribution in [2.75, 3.05) is 17.2 Å². The Bertz CT molecular complexity index is 1090. The predicted molar refractivity (Wildman–Crippen MR) is 117 cm³/mol. The van der Waals surface area contributed by atoms with E-state index in [9.17, 15) is 14.4 Å². The molecule has 3 aromatic carbocycles. The first-order valence-electron chi connectivity index (χ1n) is 9.59. The Morgan fingerprint density at radius 1 is 0.806 bits per heavy atom. The minimum Gasteiger partial charge on any atom is -0.484 e. The average Bonchev–Trinajstić information content (AvgIpc) is 2.74. The Balaban J connectivity index is 1.64. The minimum absolute atomic E-state index is 0.171. The summed E-state index contributed by atoms with van der Waals surface area (Å²) in [6.45, 7) is 3.08. The highest BCUT2D eigenvalue weighted by atomic mass is 16.5. The van der Waals surface area contributed by atoms with E-state index in [1.54, 1.807) is 54.6 Å². The topological polar surface area (TPSA) is 93.7 Å². The number of hydrogen-bond acceptors (Lipinski definition) is 5. The van der Waals surface area contributed by atoms with Gasteiger partial charge in [0.2, 0.25) is 0 Å². The van der Waals surface area contributed by atoms with E-state index in [2.05, 4.69) is 10.6 Å². The van der Waals surface area contributed by atoms with Gasteiger partial charge < -0.3 is 20.1 Å². The van der Waals surface area contributed by atoms with Crippen LogP contribution in [0.15, 0.2) is 72.8 Å². The number of ether oxygens (including phenoxy) is 2. The third-order valence-electron chi connectivity index (χ3n) is 4.20. The Hall–Kier alpha value is -4.13. The number of para-hydroxylation sites is 2. The molecule has 0 aliphatic carbocycles. The molecule has 0 unspecified atom stereocenters. The van der Waals surface area contributed by atoms with Gasteiger partial charge in [0.05, 0.1) is 11.4 Å². The van der Waals surface area contributed by atoms with Gasteiger partial charge in [0.15, 0.2) is 6.61 Å². The minimum atomic E-state index is -0.474. The number of benzene rings is 3. The molecule has 7 nitrogen and oxygen atoms in total. The largest absolute Gasteiger partial charge is 0.484 e. The van der Waals surface area contributed by atoms with Crippen LogP contribution in [0.5, 0.6) is 11.5 Å². The van der Waals surface area contributed by atoms with Crippen LogP contribution in [-0.4, -0.2) is 24.4 Å². The molecule has 0 saturated carbocycles. The van der Waals surface area contributed by atoms with E-state index >= 15 is 0 Å². The maximum Gasteiger partial charge on any atom is 0.308 e. The molecule has 0 aliphatic heterocycles. The van der Waals surface area contributed by atoms with Gasteiger partial charge in [0.1, 0.15) is 11.5 Å². The Morgan fingerprint density at radius 2 is 1.48 bits per heavy atom. The number of anilines is 2. The molecule has 0 atom stereocenters. The van der Waals surface area contributed by atoms with Crippen LogP contribution in [0.3, 0.4) is 0 Å². The average molecular weight is 418 g/mol. The summed E-state index contributed by atoms with van der Waals surface area (Å²) in [7, 11) is 0. The van der Waals surface area contributed by atoms with Crippen molar-refractivity contribution >= 4 is 29.2 Å². The molecule has 2 amide bonds. The van der Waals surface area contributed by atoms with Gasteiger partial charge in [-0.2, -0.15) is 0 Å². The SMILES string of the molecule is CC(=O)Oc1cccc(C(=O)Nc2ccccc2NC(=O)COc2ccc(C)cc2)c1. The summed E-state index contributed by atoms with van der Waals surface area (Å²) in [5, 5.41) is 5.50. The van der Waals surface area contributed by atoms with Gasteiger partial charge >= 0.3 is 5.97 Å². The number of carbonyl (C=O) groups excluding carboxylic acids is 3. The molecule has 158 valence electrons. The maximum atomic E-state index is 12.6. The number of nitrogens with one attached hydrogen (secondary N) is 2. The molecule has 2 N–H and O–H groups in total. The summed E-state index contributed by atoms with van der Waals surface area (Å²) >= 11 is 0. The summed E-state index contributed by atoms with van der Waals surface area (Å²) < 4.78 is 10.5. The molecule has 0 aliphatic rings. The van der Waals surface area contributed by atoms with Crippen LogP contribution in [0, 0.1) is 6.92 Å². The van der Waals surface area contributed by atoms with Crippen LogP contribution in [0.1, 0.15) is 22.8 Å². The quantitative estimate of drug-likeness (QED) is 0.443. The lowest BCUT2D eigenvalue weighted by Gasteiger charge is -2.13. The monoisotopic (exact) mass is 418 g/mol. The molecule has 0 saturated heterocycles. The lowest BCUT2D eigenvalue weighted by Crippen LogP contribution is -2.21. The highest BCUT2D eigenvalue weighted by molar-refractivity contribution is 6.07. The predicted octanol–water partition coefficient (Wildman–Crippen LogP) is 4.19. The number of hydrogen-bond donors (Lipinski definition) is 2. The van der Waals surface area contributed by atoms with Gasteiger partial charge in [-0.25, -0.2) is 0 Å². The molecule has 0 heterocycles. The molecule has 7 heteroatoms. The summed E-state index contributed by atoms with van der Waals surface area (Å²) in [6, 6.07) is 20.5. The third-order valence-corrected chi connectivity index (χ3v) is 4.20. The van der Waals surface area contributed by atoms with Gasteiger partial charge in [0.25, 0.3) is 11.8 Å². The lowest BCUT2D eigenvalue weighted by atomic mass is 10.2. The third kappa shape index (κ3) is 6.43. The second-order valence-electron chi connectivity index (χ2n) is 6.77. The molecular weight excluding hydrogens is 396 g/mol. The molecule has 3 aromatic rings. The fourth-order valence-corrected chi connectivity index (χ4v) is 2.73. The van der Waals surface area contributed by atoms with Crippen molar-refractivity contribution in [2.45, 2.75) is 13.8 Å². The number of aryl methyl sites for hydroxylation is 1. The molecule has 0 spiro atoms. The maximum absolute atomic E-state index is 12.6. The number of carbonyl (C=O) groups is 3. The molecule has 0 fully saturated rings. The first-order chi connectivity index (χ1) is 14.9. The Labute approximate surface area is 180 Å². The van der Waals surface area contributed by atoms with Crippen molar-refractivity contribution in [3.05, 3.63) is 83.9 Å². The standard InChI is InChI=1S/C24H22N2O5/c1-16-10-12-19(13-11-16)30-15-23(28)25-21-8-3-4-9-22(21)26-24(29)18-6-5-7-20(14-18)31-17(2)27/h3-14H,15H2,1-2H3,(H,25,28)(H,26,29). The first kappa shape index (κ1) is 21.6. The van der Waals surface area contributed by atoms with E-state index < -0.39 is 11.9 Å². The fourth-order valence-electron chi connectivity index (χ4n) is 2.73. The number of amides is 2. The van der Waals surface area contributed by atoms with Gasteiger partial charge in [0, 0.05) is 12.5 Å². The van der Waals surface area contributed by atoms with Crippen molar-refractivity contribution in [1.29, 1.82) is 0 Å². The van der Waals surface area contributed by atoms with E-state index in [0.29, 0.717) is 22.7 Å². The van der Waals surface area contributed by atoms with E-state index in [-0.39, 0.29) is 18.3 Å².